The summed E-state index contributed by atoms with van der Waals surface area (Å²) in [5, 5.41) is 3.23. The van der Waals surface area contributed by atoms with E-state index in [2.05, 4.69) is 5.32 Å². The van der Waals surface area contributed by atoms with E-state index in [1.807, 2.05) is 31.2 Å². The van der Waals surface area contributed by atoms with Crippen molar-refractivity contribution in [3.8, 4) is 17.2 Å². The van der Waals surface area contributed by atoms with Crippen LogP contribution in [0, 0.1) is 6.92 Å². The molecule has 1 heterocycles. The van der Waals surface area contributed by atoms with Gasteiger partial charge in [0, 0.05) is 12.6 Å². The standard InChI is InChI=1S/C31H38N2O6/c1-21-11-8-9-12-22(21)16-17-33(31(35)25-15-10-18-39-25)28(30(34)32-24-13-6-5-7-14-24)23-19-26(36-2)29(38-4)27(20-23)37-3/h8-12,15,18-20,24,28H,5-7,13-14,16-17H2,1-4H3,(H,32,34)/t28-/m0/s1. The van der Waals surface area contributed by atoms with Crippen LogP contribution in [0.1, 0.15) is 65.4 Å². The van der Waals surface area contributed by atoms with Gasteiger partial charge in [0.05, 0.1) is 27.6 Å². The second kappa shape index (κ2) is 13.2. The molecule has 1 aliphatic rings. The highest BCUT2D eigenvalue weighted by atomic mass is 16.5. The fraction of sp³-hybridized carbons (Fsp3) is 0.419. The topological polar surface area (TPSA) is 90.2 Å². The van der Waals surface area contributed by atoms with E-state index in [4.69, 9.17) is 18.6 Å². The van der Waals surface area contributed by atoms with E-state index in [0.717, 1.165) is 36.8 Å². The lowest BCUT2D eigenvalue weighted by molar-refractivity contribution is -0.126. The number of methoxy groups -OCH3 is 3. The second-order valence-electron chi connectivity index (χ2n) is 9.86. The average molecular weight is 535 g/mol. The zero-order valence-electron chi connectivity index (χ0n) is 23.2. The van der Waals surface area contributed by atoms with Gasteiger partial charge in [-0.15, -0.1) is 0 Å². The molecule has 1 fully saturated rings. The molecule has 1 N–H and O–H groups in total. The van der Waals surface area contributed by atoms with Gasteiger partial charge in [-0.25, -0.2) is 0 Å². The molecule has 2 aromatic carbocycles. The van der Waals surface area contributed by atoms with Gasteiger partial charge in [-0.1, -0.05) is 43.5 Å². The minimum Gasteiger partial charge on any atom is -0.493 e. The first kappa shape index (κ1) is 28.1. The van der Waals surface area contributed by atoms with Crippen LogP contribution in [0.2, 0.25) is 0 Å². The zero-order valence-corrected chi connectivity index (χ0v) is 23.2. The SMILES string of the molecule is COc1cc([C@@H](C(=O)NC2CCCCC2)N(CCc2ccccc2C)C(=O)c2ccco2)cc(OC)c1OC. The molecule has 0 aliphatic heterocycles. The van der Waals surface area contributed by atoms with Crippen molar-refractivity contribution in [1.29, 1.82) is 0 Å². The number of benzene rings is 2. The summed E-state index contributed by atoms with van der Waals surface area (Å²) in [5.41, 5.74) is 2.78. The van der Waals surface area contributed by atoms with E-state index >= 15 is 0 Å². The molecule has 1 aromatic heterocycles. The molecule has 8 heteroatoms. The van der Waals surface area contributed by atoms with Crippen molar-refractivity contribution in [2.24, 2.45) is 0 Å². The summed E-state index contributed by atoms with van der Waals surface area (Å²) in [4.78, 5) is 29.6. The van der Waals surface area contributed by atoms with Crippen LogP contribution in [0.5, 0.6) is 17.2 Å². The average Bonchev–Trinajstić information content (AvgIpc) is 3.50. The van der Waals surface area contributed by atoms with Crippen molar-refractivity contribution >= 4 is 11.8 Å². The first-order valence-electron chi connectivity index (χ1n) is 13.5. The lowest BCUT2D eigenvalue weighted by atomic mass is 9.94. The minimum atomic E-state index is -0.956. The van der Waals surface area contributed by atoms with Crippen LogP contribution in [0.4, 0.5) is 0 Å². The predicted octanol–water partition coefficient (Wildman–Crippen LogP) is 5.49. The third-order valence-corrected chi connectivity index (χ3v) is 7.39. The molecule has 0 spiro atoms. The van der Waals surface area contributed by atoms with Crippen LogP contribution in [-0.2, 0) is 11.2 Å². The lowest BCUT2D eigenvalue weighted by Crippen LogP contribution is -2.47. The van der Waals surface area contributed by atoms with E-state index in [-0.39, 0.29) is 23.6 Å². The Morgan fingerprint density at radius 1 is 0.974 bits per heavy atom. The number of carbonyl (C=O) groups excluding carboxylic acids is 2. The summed E-state index contributed by atoms with van der Waals surface area (Å²) in [7, 11) is 4.59. The molecule has 4 rings (SSSR count). The highest BCUT2D eigenvalue weighted by Gasteiger charge is 2.35. The molecule has 0 bridgehead atoms. The van der Waals surface area contributed by atoms with Crippen molar-refractivity contribution in [2.45, 2.75) is 57.5 Å². The molecule has 8 nitrogen and oxygen atoms in total. The minimum absolute atomic E-state index is 0.0627. The molecule has 1 saturated carbocycles. The summed E-state index contributed by atoms with van der Waals surface area (Å²) < 4.78 is 22.2. The molecule has 0 saturated heterocycles. The third-order valence-electron chi connectivity index (χ3n) is 7.39. The van der Waals surface area contributed by atoms with E-state index in [0.29, 0.717) is 35.8 Å². The Labute approximate surface area is 230 Å². The van der Waals surface area contributed by atoms with Crippen LogP contribution >= 0.6 is 0 Å². The van der Waals surface area contributed by atoms with Crippen molar-refractivity contribution in [3.05, 3.63) is 77.2 Å². The van der Waals surface area contributed by atoms with Crippen molar-refractivity contribution in [1.82, 2.24) is 10.2 Å². The van der Waals surface area contributed by atoms with Crippen molar-refractivity contribution < 1.29 is 28.2 Å². The molecule has 3 aromatic rings. The van der Waals surface area contributed by atoms with Crippen molar-refractivity contribution in [2.75, 3.05) is 27.9 Å². The summed E-state index contributed by atoms with van der Waals surface area (Å²) in [6.45, 7) is 2.34. The first-order valence-corrected chi connectivity index (χ1v) is 13.5. The number of hydrogen-bond acceptors (Lipinski definition) is 6. The van der Waals surface area contributed by atoms with Gasteiger partial charge in [0.1, 0.15) is 6.04 Å². The van der Waals surface area contributed by atoms with Gasteiger partial charge < -0.3 is 28.8 Å². The fourth-order valence-corrected chi connectivity index (χ4v) is 5.28. The summed E-state index contributed by atoms with van der Waals surface area (Å²) >= 11 is 0. The van der Waals surface area contributed by atoms with Crippen LogP contribution in [0.3, 0.4) is 0 Å². The van der Waals surface area contributed by atoms with E-state index in [1.54, 1.807) is 29.2 Å². The Hall–Kier alpha value is -3.94. The van der Waals surface area contributed by atoms with Gasteiger partial charge in [0.25, 0.3) is 5.91 Å². The van der Waals surface area contributed by atoms with Crippen molar-refractivity contribution in [3.63, 3.8) is 0 Å². The van der Waals surface area contributed by atoms with E-state index in [1.165, 1.54) is 34.0 Å². The van der Waals surface area contributed by atoms with Crippen LogP contribution < -0.4 is 19.5 Å². The number of nitrogens with one attached hydrogen (secondary N) is 1. The van der Waals surface area contributed by atoms with Crippen LogP contribution in [0.15, 0.2) is 59.2 Å². The Bertz CT molecular complexity index is 1220. The fourth-order valence-electron chi connectivity index (χ4n) is 5.28. The Balaban J connectivity index is 1.79. The van der Waals surface area contributed by atoms with Gasteiger partial charge in [-0.3, -0.25) is 9.59 Å². The normalized spacial score (nSPS) is 14.4. The monoisotopic (exact) mass is 534 g/mol. The molecular weight excluding hydrogens is 496 g/mol. The third kappa shape index (κ3) is 6.56. The highest BCUT2D eigenvalue weighted by molar-refractivity contribution is 5.96. The van der Waals surface area contributed by atoms with E-state index in [9.17, 15) is 9.59 Å². The lowest BCUT2D eigenvalue weighted by Gasteiger charge is -2.33. The quantitative estimate of drug-likeness (QED) is 0.350. The number of hydrogen-bond donors (Lipinski definition) is 1. The summed E-state index contributed by atoms with van der Waals surface area (Å²) in [6, 6.07) is 13.9. The number of carbonyl (C=O) groups is 2. The maximum atomic E-state index is 14.1. The number of ether oxygens (including phenoxy) is 3. The number of aryl methyl sites for hydroxylation is 1. The van der Waals surface area contributed by atoms with E-state index < -0.39 is 6.04 Å². The first-order chi connectivity index (χ1) is 19.0. The molecule has 0 radical (unpaired) electrons. The molecule has 2 amide bonds. The summed E-state index contributed by atoms with van der Waals surface area (Å²) in [6.07, 6.45) is 7.18. The molecule has 1 atom stereocenters. The highest BCUT2D eigenvalue weighted by Crippen LogP contribution is 2.41. The maximum Gasteiger partial charge on any atom is 0.290 e. The molecular formula is C31H38N2O6. The van der Waals surface area contributed by atoms with Gasteiger partial charge in [-0.05, 0) is 67.1 Å². The Morgan fingerprint density at radius 2 is 1.67 bits per heavy atom. The molecule has 0 unspecified atom stereocenters. The number of rotatable bonds is 11. The molecule has 208 valence electrons. The zero-order chi connectivity index (χ0) is 27.8. The molecule has 39 heavy (non-hydrogen) atoms. The van der Waals surface area contributed by atoms with Gasteiger partial charge in [-0.2, -0.15) is 0 Å². The smallest absolute Gasteiger partial charge is 0.290 e. The van der Waals surface area contributed by atoms with Gasteiger partial charge in [0.2, 0.25) is 11.7 Å². The Kier molecular flexibility index (Phi) is 9.52. The predicted molar refractivity (Wildman–Crippen MR) is 148 cm³/mol. The van der Waals surface area contributed by atoms with Gasteiger partial charge in [0.15, 0.2) is 17.3 Å². The number of furan rings is 1. The largest absolute Gasteiger partial charge is 0.493 e. The number of nitrogens with zero attached hydrogens (tertiary/aromatic N) is 1. The molecule has 1 aliphatic carbocycles. The van der Waals surface area contributed by atoms with Gasteiger partial charge >= 0.3 is 0 Å². The summed E-state index contributed by atoms with van der Waals surface area (Å²) in [5.74, 6) is 0.784. The number of amides is 2. The van der Waals surface area contributed by atoms with Crippen LogP contribution in [-0.4, -0.2) is 50.6 Å². The maximum absolute atomic E-state index is 14.1. The van der Waals surface area contributed by atoms with Crippen LogP contribution in [0.25, 0.3) is 0 Å². The second-order valence-corrected chi connectivity index (χ2v) is 9.86. The Morgan fingerprint density at radius 3 is 2.26 bits per heavy atom.